The SMILES string of the molecule is CC(C)(C)/C(C[C@](C)(O)C(F)(F)F)=N\S(=O)C(C)(C)C. The lowest BCUT2D eigenvalue weighted by Crippen LogP contribution is -2.46. The first-order valence-electron chi connectivity index (χ1n) is 6.27. The van der Waals surface area contributed by atoms with Crippen LogP contribution in [0.25, 0.3) is 0 Å². The molecule has 0 amide bonds. The van der Waals surface area contributed by atoms with Crippen LogP contribution in [0.3, 0.4) is 0 Å². The van der Waals surface area contributed by atoms with E-state index in [4.69, 9.17) is 0 Å². The van der Waals surface area contributed by atoms with Gasteiger partial charge in [0.05, 0.1) is 4.75 Å². The van der Waals surface area contributed by atoms with Crippen molar-refractivity contribution in [2.75, 3.05) is 0 Å². The molecule has 0 aromatic heterocycles. The standard InChI is InChI=1S/C13H24F3NO2S/c1-10(2,3)9(17-20(19)11(4,5)6)8-12(7,18)13(14,15)16/h18H,8H2,1-7H3/b17-9-/t12-,20?/m0/s1. The molecule has 0 fully saturated rings. The summed E-state index contributed by atoms with van der Waals surface area (Å²) >= 11 is 0. The van der Waals surface area contributed by atoms with Crippen molar-refractivity contribution in [1.82, 2.24) is 0 Å². The number of hydrogen-bond acceptors (Lipinski definition) is 2. The second-order valence-corrected chi connectivity index (χ2v) is 9.00. The van der Waals surface area contributed by atoms with E-state index in [1.54, 1.807) is 41.5 Å². The highest BCUT2D eigenvalue weighted by Crippen LogP contribution is 2.36. The molecule has 0 aromatic rings. The predicted molar refractivity (Wildman–Crippen MR) is 76.1 cm³/mol. The predicted octanol–water partition coefficient (Wildman–Crippen LogP) is 3.64. The van der Waals surface area contributed by atoms with Crippen molar-refractivity contribution in [2.45, 2.75) is 71.4 Å². The van der Waals surface area contributed by atoms with Crippen molar-refractivity contribution in [3.05, 3.63) is 0 Å². The van der Waals surface area contributed by atoms with E-state index in [9.17, 15) is 22.5 Å². The maximum Gasteiger partial charge on any atom is 0.417 e. The van der Waals surface area contributed by atoms with E-state index in [2.05, 4.69) is 4.40 Å². The average molecular weight is 315 g/mol. The molecule has 20 heavy (non-hydrogen) atoms. The molecule has 120 valence electrons. The molecule has 1 unspecified atom stereocenters. The summed E-state index contributed by atoms with van der Waals surface area (Å²) < 4.78 is 53.6. The fourth-order valence-electron chi connectivity index (χ4n) is 1.10. The molecule has 0 aromatic carbocycles. The molecular weight excluding hydrogens is 291 g/mol. The maximum atomic E-state index is 12.8. The van der Waals surface area contributed by atoms with Gasteiger partial charge in [-0.15, -0.1) is 0 Å². The van der Waals surface area contributed by atoms with Gasteiger partial charge in [0, 0.05) is 17.5 Å². The van der Waals surface area contributed by atoms with Crippen LogP contribution in [0.4, 0.5) is 13.2 Å². The fraction of sp³-hybridized carbons (Fsp3) is 0.923. The van der Waals surface area contributed by atoms with Gasteiger partial charge in [-0.05, 0) is 27.7 Å². The van der Waals surface area contributed by atoms with Gasteiger partial charge in [0.2, 0.25) is 0 Å². The molecule has 0 spiro atoms. The molecular formula is C13H24F3NO2S. The Morgan fingerprint density at radius 2 is 1.45 bits per heavy atom. The number of halogens is 3. The van der Waals surface area contributed by atoms with Gasteiger partial charge in [0.1, 0.15) is 11.0 Å². The second-order valence-electron chi connectivity index (χ2n) is 7.10. The van der Waals surface area contributed by atoms with E-state index in [0.717, 1.165) is 0 Å². The summed E-state index contributed by atoms with van der Waals surface area (Å²) in [4.78, 5) is 0. The molecule has 0 rings (SSSR count). The minimum absolute atomic E-state index is 0.0908. The zero-order valence-electron chi connectivity index (χ0n) is 13.1. The number of rotatable bonds is 3. The van der Waals surface area contributed by atoms with Crippen molar-refractivity contribution in [1.29, 1.82) is 0 Å². The highest BCUT2D eigenvalue weighted by Gasteiger charge is 2.51. The number of aliphatic hydroxyl groups is 1. The lowest BCUT2D eigenvalue weighted by molar-refractivity contribution is -0.250. The maximum absolute atomic E-state index is 12.8. The van der Waals surface area contributed by atoms with Crippen molar-refractivity contribution in [3.63, 3.8) is 0 Å². The molecule has 0 aliphatic rings. The van der Waals surface area contributed by atoms with Crippen LogP contribution in [0.5, 0.6) is 0 Å². The van der Waals surface area contributed by atoms with Crippen molar-refractivity contribution >= 4 is 16.7 Å². The summed E-state index contributed by atoms with van der Waals surface area (Å²) in [7, 11) is -1.67. The number of hydrogen-bond donors (Lipinski definition) is 1. The van der Waals surface area contributed by atoms with Crippen molar-refractivity contribution < 1.29 is 22.5 Å². The van der Waals surface area contributed by atoms with E-state index in [0.29, 0.717) is 6.92 Å². The quantitative estimate of drug-likeness (QED) is 0.808. The first-order valence-corrected chi connectivity index (χ1v) is 7.38. The van der Waals surface area contributed by atoms with Crippen molar-refractivity contribution in [2.24, 2.45) is 9.81 Å². The van der Waals surface area contributed by atoms with Crippen LogP contribution >= 0.6 is 0 Å². The molecule has 2 atom stereocenters. The Bertz CT molecular complexity index is 401. The summed E-state index contributed by atoms with van der Waals surface area (Å²) in [5, 5.41) is 9.60. The minimum Gasteiger partial charge on any atom is -0.380 e. The Morgan fingerprint density at radius 1 is 1.05 bits per heavy atom. The Labute approximate surface area is 121 Å². The molecule has 3 nitrogen and oxygen atoms in total. The fourth-order valence-corrected chi connectivity index (χ4v) is 1.91. The van der Waals surface area contributed by atoms with Gasteiger partial charge in [-0.25, -0.2) is 4.21 Å². The zero-order chi connectivity index (χ0) is 16.6. The van der Waals surface area contributed by atoms with E-state index < -0.39 is 39.3 Å². The third kappa shape index (κ3) is 5.52. The van der Waals surface area contributed by atoms with E-state index in [1.807, 2.05) is 0 Å². The van der Waals surface area contributed by atoms with Crippen LogP contribution in [0.2, 0.25) is 0 Å². The van der Waals surface area contributed by atoms with Crippen LogP contribution in [-0.4, -0.2) is 31.6 Å². The van der Waals surface area contributed by atoms with Gasteiger partial charge in [0.25, 0.3) is 0 Å². The van der Waals surface area contributed by atoms with Crippen LogP contribution in [0.15, 0.2) is 4.40 Å². The second kappa shape index (κ2) is 5.75. The Morgan fingerprint density at radius 3 is 1.70 bits per heavy atom. The number of alkyl halides is 3. The summed E-state index contributed by atoms with van der Waals surface area (Å²) in [5.41, 5.74) is -3.51. The molecule has 0 aliphatic carbocycles. The Hall–Kier alpha value is -0.430. The van der Waals surface area contributed by atoms with E-state index in [-0.39, 0.29) is 5.71 Å². The summed E-state index contributed by atoms with van der Waals surface area (Å²) in [6.07, 6.45) is -5.45. The van der Waals surface area contributed by atoms with Crippen LogP contribution < -0.4 is 0 Å². The number of nitrogens with zero attached hydrogens (tertiary/aromatic N) is 1. The lowest BCUT2D eigenvalue weighted by atomic mass is 9.83. The highest BCUT2D eigenvalue weighted by atomic mass is 32.2. The van der Waals surface area contributed by atoms with Crippen LogP contribution in [-0.2, 0) is 11.0 Å². The molecule has 0 bridgehead atoms. The molecule has 0 saturated carbocycles. The van der Waals surface area contributed by atoms with E-state index >= 15 is 0 Å². The van der Waals surface area contributed by atoms with Gasteiger partial charge in [-0.3, -0.25) is 0 Å². The summed E-state index contributed by atoms with van der Waals surface area (Å²) in [6, 6.07) is 0. The first-order chi connectivity index (χ1) is 8.48. The van der Waals surface area contributed by atoms with Gasteiger partial charge in [-0.2, -0.15) is 17.6 Å². The molecule has 0 saturated heterocycles. The normalized spacial score (nSPS) is 19.6. The van der Waals surface area contributed by atoms with Crippen LogP contribution in [0, 0.1) is 5.41 Å². The summed E-state index contributed by atoms with van der Waals surface area (Å²) in [5.74, 6) is 0. The summed E-state index contributed by atoms with van der Waals surface area (Å²) in [6.45, 7) is 10.8. The Balaban J connectivity index is 5.55. The van der Waals surface area contributed by atoms with Gasteiger partial charge < -0.3 is 5.11 Å². The topological polar surface area (TPSA) is 49.7 Å². The highest BCUT2D eigenvalue weighted by molar-refractivity contribution is 7.85. The van der Waals surface area contributed by atoms with Crippen LogP contribution in [0.1, 0.15) is 54.9 Å². The van der Waals surface area contributed by atoms with E-state index in [1.165, 1.54) is 0 Å². The molecule has 0 aliphatic heterocycles. The molecule has 7 heteroatoms. The minimum atomic E-state index is -4.76. The van der Waals surface area contributed by atoms with Crippen molar-refractivity contribution in [3.8, 4) is 0 Å². The monoisotopic (exact) mass is 315 g/mol. The van der Waals surface area contributed by atoms with Gasteiger partial charge in [0.15, 0.2) is 5.60 Å². The molecule has 0 radical (unpaired) electrons. The lowest BCUT2D eigenvalue weighted by Gasteiger charge is -2.31. The third-order valence-electron chi connectivity index (χ3n) is 2.71. The molecule has 0 heterocycles. The zero-order valence-corrected chi connectivity index (χ0v) is 13.9. The average Bonchev–Trinajstić information content (AvgIpc) is 2.11. The Kier molecular flexibility index (Phi) is 5.63. The van der Waals surface area contributed by atoms with Gasteiger partial charge in [-0.1, -0.05) is 20.8 Å². The first kappa shape index (κ1) is 19.6. The largest absolute Gasteiger partial charge is 0.417 e. The smallest absolute Gasteiger partial charge is 0.380 e. The third-order valence-corrected chi connectivity index (χ3v) is 4.14. The molecule has 1 N–H and O–H groups in total. The van der Waals surface area contributed by atoms with Gasteiger partial charge >= 0.3 is 6.18 Å².